The van der Waals surface area contributed by atoms with Gasteiger partial charge in [0.1, 0.15) is 0 Å². The molecule has 0 saturated heterocycles. The molecule has 2 atom stereocenters. The van der Waals surface area contributed by atoms with Gasteiger partial charge in [-0.05, 0) is 79.2 Å². The number of esters is 1. The van der Waals surface area contributed by atoms with Gasteiger partial charge in [0.2, 0.25) is 0 Å². The molecule has 0 aliphatic heterocycles. The van der Waals surface area contributed by atoms with Gasteiger partial charge in [0.15, 0.2) is 8.32 Å². The molecule has 2 unspecified atom stereocenters. The number of rotatable bonds is 15. The van der Waals surface area contributed by atoms with Crippen LogP contribution in [0.2, 0.25) is 32.2 Å². The summed E-state index contributed by atoms with van der Waals surface area (Å²) in [6.45, 7) is 25.0. The molecule has 0 amide bonds. The van der Waals surface area contributed by atoms with E-state index in [1.807, 2.05) is 20.4 Å². The van der Waals surface area contributed by atoms with E-state index < -0.39 is 22.5 Å². The molecule has 0 aliphatic carbocycles. The predicted octanol–water partition coefficient (Wildman–Crippen LogP) is 5.03. The topological polar surface area (TPSA) is 74.2 Å². The van der Waals surface area contributed by atoms with Gasteiger partial charge in [-0.15, -0.1) is 0 Å². The first-order chi connectivity index (χ1) is 13.3. The average Bonchev–Trinajstić information content (AvgIpc) is 2.49. The molecule has 0 rings (SSSR count). The Balaban J connectivity index is 4.30. The van der Waals surface area contributed by atoms with E-state index in [9.17, 15) is 9.59 Å². The van der Waals surface area contributed by atoms with E-state index in [0.29, 0.717) is 37.9 Å². The van der Waals surface area contributed by atoms with Crippen molar-refractivity contribution in [1.82, 2.24) is 0 Å². The monoisotopic (exact) mass is 462 g/mol. The van der Waals surface area contributed by atoms with Crippen LogP contribution >= 0.6 is 0 Å². The third-order valence-electron chi connectivity index (χ3n) is 4.49. The van der Waals surface area contributed by atoms with Gasteiger partial charge in [0, 0.05) is 18.6 Å². The smallest absolute Gasteiger partial charge is 0.333 e. The van der Waals surface area contributed by atoms with Crippen molar-refractivity contribution in [3.8, 4) is 0 Å². The zero-order valence-corrected chi connectivity index (χ0v) is 23.0. The minimum Gasteiger partial charge on any atom is -0.462 e. The van der Waals surface area contributed by atoms with Crippen LogP contribution in [-0.4, -0.2) is 58.7 Å². The van der Waals surface area contributed by atoms with Crippen molar-refractivity contribution in [3.05, 3.63) is 12.2 Å². The maximum atomic E-state index is 11.5. The van der Waals surface area contributed by atoms with Gasteiger partial charge in [-0.25, -0.2) is 4.79 Å². The quantitative estimate of drug-likeness (QED) is 0.209. The molecular formula is C22H46O6Si2. The lowest BCUT2D eigenvalue weighted by atomic mass is 10.0. The first-order valence-electron chi connectivity index (χ1n) is 10.9. The molecule has 8 heteroatoms. The highest BCUT2D eigenvalue weighted by atomic mass is 28.4. The van der Waals surface area contributed by atoms with Gasteiger partial charge in [0.05, 0.1) is 24.4 Å². The number of hydrogen-bond donors (Lipinski definition) is 1. The molecule has 0 radical (unpaired) electrons. The van der Waals surface area contributed by atoms with E-state index >= 15 is 0 Å². The van der Waals surface area contributed by atoms with Crippen molar-refractivity contribution in [3.63, 3.8) is 0 Å². The van der Waals surface area contributed by atoms with Gasteiger partial charge in [-0.2, -0.15) is 0 Å². The Kier molecular flexibility index (Phi) is 11.7. The SMILES string of the molecule is C=C(C)C(=O)OCCC(C)(C)OCCC(C)(C)OCC(C)C[Si](C)(O)O[Si](C)(C)C. The van der Waals surface area contributed by atoms with E-state index in [0.717, 1.165) is 6.42 Å². The van der Waals surface area contributed by atoms with E-state index in [1.54, 1.807) is 6.92 Å². The van der Waals surface area contributed by atoms with Crippen LogP contribution in [0.1, 0.15) is 54.4 Å². The van der Waals surface area contributed by atoms with Crippen molar-refractivity contribution in [2.75, 3.05) is 19.8 Å². The highest BCUT2D eigenvalue weighted by Gasteiger charge is 2.35. The molecule has 0 spiro atoms. The summed E-state index contributed by atoms with van der Waals surface area (Å²) in [4.78, 5) is 22.1. The van der Waals surface area contributed by atoms with Crippen LogP contribution < -0.4 is 0 Å². The molecular weight excluding hydrogens is 416 g/mol. The molecule has 0 aromatic rings. The zero-order chi connectivity index (χ0) is 23.8. The standard InChI is InChI=1S/C22H46O6Si2/c1-18(2)20(23)25-14-12-21(4,5)26-15-13-22(6,7)27-16-19(3)17-30(11,24)28-29(8,9)10/h19,24H,1,12-17H2,2-11H3. The van der Waals surface area contributed by atoms with Gasteiger partial charge < -0.3 is 23.1 Å². The van der Waals surface area contributed by atoms with Crippen molar-refractivity contribution in [1.29, 1.82) is 0 Å². The number of ether oxygens (including phenoxy) is 3. The predicted molar refractivity (Wildman–Crippen MR) is 127 cm³/mol. The molecule has 0 bridgehead atoms. The molecule has 0 fully saturated rings. The lowest BCUT2D eigenvalue weighted by Gasteiger charge is -2.33. The second kappa shape index (κ2) is 11.9. The summed E-state index contributed by atoms with van der Waals surface area (Å²) in [6.07, 6.45) is 1.36. The minimum absolute atomic E-state index is 0.225. The van der Waals surface area contributed by atoms with Crippen molar-refractivity contribution in [2.24, 2.45) is 5.92 Å². The van der Waals surface area contributed by atoms with Crippen molar-refractivity contribution in [2.45, 2.75) is 97.8 Å². The van der Waals surface area contributed by atoms with Crippen LogP contribution in [0.4, 0.5) is 0 Å². The lowest BCUT2D eigenvalue weighted by molar-refractivity contribution is -0.141. The van der Waals surface area contributed by atoms with Crippen LogP contribution in [0.25, 0.3) is 0 Å². The van der Waals surface area contributed by atoms with Crippen molar-refractivity contribution < 1.29 is 27.9 Å². The van der Waals surface area contributed by atoms with Gasteiger partial charge in [-0.1, -0.05) is 13.5 Å². The maximum absolute atomic E-state index is 11.5. The number of hydrogen-bond acceptors (Lipinski definition) is 6. The van der Waals surface area contributed by atoms with Crippen LogP contribution in [0, 0.1) is 5.92 Å². The normalized spacial score (nSPS) is 16.1. The maximum Gasteiger partial charge on any atom is 0.333 e. The summed E-state index contributed by atoms with van der Waals surface area (Å²) in [5, 5.41) is 0. The molecule has 0 saturated carbocycles. The highest BCUT2D eigenvalue weighted by Crippen LogP contribution is 2.24. The minimum atomic E-state index is -2.66. The van der Waals surface area contributed by atoms with Gasteiger partial charge >= 0.3 is 14.5 Å². The highest BCUT2D eigenvalue weighted by molar-refractivity contribution is 6.81. The molecule has 6 nitrogen and oxygen atoms in total. The summed E-state index contributed by atoms with van der Waals surface area (Å²) >= 11 is 0. The van der Waals surface area contributed by atoms with Crippen molar-refractivity contribution >= 4 is 22.8 Å². The molecule has 0 aliphatic rings. The summed E-state index contributed by atoms with van der Waals surface area (Å²) in [6, 6.07) is 0.666. The fraction of sp³-hybridized carbons (Fsp3) is 0.864. The second-order valence-electron chi connectivity index (χ2n) is 10.8. The summed E-state index contributed by atoms with van der Waals surface area (Å²) in [5.74, 6) is -0.144. The average molecular weight is 463 g/mol. The Morgan fingerprint density at radius 1 is 1.00 bits per heavy atom. The van der Waals surface area contributed by atoms with Crippen LogP contribution in [0.15, 0.2) is 12.2 Å². The third-order valence-corrected chi connectivity index (χ3v) is 10.2. The Bertz CT molecular complexity index is 552. The molecule has 0 aromatic heterocycles. The van der Waals surface area contributed by atoms with E-state index in [2.05, 4.69) is 47.0 Å². The Labute approximate surface area is 186 Å². The van der Waals surface area contributed by atoms with Crippen LogP contribution in [0.3, 0.4) is 0 Å². The second-order valence-corrected chi connectivity index (χ2v) is 18.6. The fourth-order valence-corrected chi connectivity index (χ4v) is 10.0. The lowest BCUT2D eigenvalue weighted by Crippen LogP contribution is -2.46. The molecule has 178 valence electrons. The molecule has 0 aromatic carbocycles. The van der Waals surface area contributed by atoms with E-state index in [4.69, 9.17) is 18.3 Å². The molecule has 30 heavy (non-hydrogen) atoms. The summed E-state index contributed by atoms with van der Waals surface area (Å²) < 4.78 is 23.3. The Hall–Kier alpha value is -0.516. The largest absolute Gasteiger partial charge is 0.462 e. The number of carbonyl (C=O) groups excluding carboxylic acids is 1. The van der Waals surface area contributed by atoms with E-state index in [1.165, 1.54) is 0 Å². The summed E-state index contributed by atoms with van der Waals surface area (Å²) in [5.41, 5.74) is -0.320. The Morgan fingerprint density at radius 3 is 2.00 bits per heavy atom. The van der Waals surface area contributed by atoms with E-state index in [-0.39, 0.29) is 17.5 Å². The first kappa shape index (κ1) is 29.5. The molecule has 1 N–H and O–H groups in total. The van der Waals surface area contributed by atoms with Gasteiger partial charge in [0.25, 0.3) is 0 Å². The number of carbonyl (C=O) groups is 1. The Morgan fingerprint density at radius 2 is 1.50 bits per heavy atom. The van der Waals surface area contributed by atoms with Gasteiger partial charge in [-0.3, -0.25) is 0 Å². The van der Waals surface area contributed by atoms with Crippen LogP contribution in [0.5, 0.6) is 0 Å². The third kappa shape index (κ3) is 15.3. The van der Waals surface area contributed by atoms with Crippen LogP contribution in [-0.2, 0) is 23.1 Å². The fourth-order valence-electron chi connectivity index (χ4n) is 3.00. The first-order valence-corrected chi connectivity index (χ1v) is 16.8. The zero-order valence-electron chi connectivity index (χ0n) is 21.0. The summed E-state index contributed by atoms with van der Waals surface area (Å²) in [7, 11) is -4.41. The molecule has 0 heterocycles.